The van der Waals surface area contributed by atoms with Crippen LogP contribution in [0.15, 0.2) is 53.9 Å². The van der Waals surface area contributed by atoms with Crippen molar-refractivity contribution < 1.29 is 22.6 Å². The molecule has 140 valence electrons. The van der Waals surface area contributed by atoms with E-state index in [1.807, 2.05) is 6.92 Å². The van der Waals surface area contributed by atoms with Gasteiger partial charge in [0.05, 0.1) is 25.7 Å². The maximum absolute atomic E-state index is 12.4. The standard InChI is InChI=1S/C18H22N2O5S/c1-5-25-15-7-9-16(10-8-15)26(21,22)20-19-13(2)14-6-11-17(23-3)18(12-14)24-4/h6-12,19-20H,2,5H2,1,3-4H3. The molecular formula is C18H22N2O5S. The summed E-state index contributed by atoms with van der Waals surface area (Å²) < 4.78 is 40.4. The van der Waals surface area contributed by atoms with Crippen molar-refractivity contribution in [3.63, 3.8) is 0 Å². The third-order valence-electron chi connectivity index (χ3n) is 3.51. The van der Waals surface area contributed by atoms with Gasteiger partial charge in [-0.15, -0.1) is 4.83 Å². The number of nitrogens with one attached hydrogen (secondary N) is 2. The summed E-state index contributed by atoms with van der Waals surface area (Å²) in [6, 6.07) is 11.3. The van der Waals surface area contributed by atoms with E-state index in [9.17, 15) is 8.42 Å². The van der Waals surface area contributed by atoms with Gasteiger partial charge in [0.15, 0.2) is 11.5 Å². The average molecular weight is 378 g/mol. The first-order valence-corrected chi connectivity index (χ1v) is 9.31. The molecule has 0 aliphatic carbocycles. The molecule has 0 aliphatic heterocycles. The molecule has 0 spiro atoms. The summed E-state index contributed by atoms with van der Waals surface area (Å²) in [5, 5.41) is 0. The van der Waals surface area contributed by atoms with Crippen molar-refractivity contribution in [1.29, 1.82) is 0 Å². The lowest BCUT2D eigenvalue weighted by Gasteiger charge is -2.14. The fraction of sp³-hybridized carbons (Fsp3) is 0.222. The monoisotopic (exact) mass is 378 g/mol. The fourth-order valence-electron chi connectivity index (χ4n) is 2.17. The highest BCUT2D eigenvalue weighted by molar-refractivity contribution is 7.89. The number of methoxy groups -OCH3 is 2. The molecule has 0 saturated heterocycles. The molecule has 26 heavy (non-hydrogen) atoms. The first-order chi connectivity index (χ1) is 12.4. The molecule has 8 heteroatoms. The van der Waals surface area contributed by atoms with Crippen LogP contribution in [0, 0.1) is 0 Å². The molecule has 7 nitrogen and oxygen atoms in total. The van der Waals surface area contributed by atoms with Crippen LogP contribution >= 0.6 is 0 Å². The summed E-state index contributed by atoms with van der Waals surface area (Å²) in [6.45, 7) is 6.20. The summed E-state index contributed by atoms with van der Waals surface area (Å²) in [5.74, 6) is 1.69. The number of benzene rings is 2. The van der Waals surface area contributed by atoms with Crippen LogP contribution in [0.5, 0.6) is 17.2 Å². The minimum Gasteiger partial charge on any atom is -0.494 e. The highest BCUT2D eigenvalue weighted by Crippen LogP contribution is 2.29. The molecule has 2 aromatic carbocycles. The molecule has 0 bridgehead atoms. The molecule has 2 N–H and O–H groups in total. The van der Waals surface area contributed by atoms with Crippen LogP contribution in [-0.2, 0) is 10.0 Å². The molecule has 0 fully saturated rings. The molecule has 0 unspecified atom stereocenters. The third-order valence-corrected chi connectivity index (χ3v) is 4.78. The maximum atomic E-state index is 12.4. The van der Waals surface area contributed by atoms with Crippen molar-refractivity contribution in [3.8, 4) is 17.2 Å². The first kappa shape index (κ1) is 19.6. The van der Waals surface area contributed by atoms with E-state index in [1.165, 1.54) is 26.4 Å². The molecule has 0 atom stereocenters. The van der Waals surface area contributed by atoms with Gasteiger partial charge in [0, 0.05) is 11.3 Å². The summed E-state index contributed by atoms with van der Waals surface area (Å²) >= 11 is 0. The van der Waals surface area contributed by atoms with E-state index in [-0.39, 0.29) is 4.90 Å². The van der Waals surface area contributed by atoms with E-state index in [0.29, 0.717) is 35.1 Å². The van der Waals surface area contributed by atoms with Crippen molar-refractivity contribution in [2.75, 3.05) is 20.8 Å². The number of hydrazine groups is 1. The number of ether oxygens (including phenoxy) is 3. The van der Waals surface area contributed by atoms with E-state index in [4.69, 9.17) is 14.2 Å². The van der Waals surface area contributed by atoms with Gasteiger partial charge in [-0.2, -0.15) is 0 Å². The van der Waals surface area contributed by atoms with Crippen LogP contribution in [0.4, 0.5) is 0 Å². The second-order valence-corrected chi connectivity index (χ2v) is 6.87. The van der Waals surface area contributed by atoms with Crippen LogP contribution in [0.3, 0.4) is 0 Å². The smallest absolute Gasteiger partial charge is 0.257 e. The number of sulfonamides is 1. The molecule has 0 aromatic heterocycles. The van der Waals surface area contributed by atoms with Gasteiger partial charge in [-0.3, -0.25) is 0 Å². The van der Waals surface area contributed by atoms with Crippen molar-refractivity contribution in [2.45, 2.75) is 11.8 Å². The maximum Gasteiger partial charge on any atom is 0.257 e. The Kier molecular flexibility index (Phi) is 6.48. The number of hydrogen-bond acceptors (Lipinski definition) is 6. The van der Waals surface area contributed by atoms with Crippen LogP contribution in [0.1, 0.15) is 12.5 Å². The summed E-state index contributed by atoms with van der Waals surface area (Å²) in [5.41, 5.74) is 3.62. The molecule has 0 radical (unpaired) electrons. The lowest BCUT2D eigenvalue weighted by atomic mass is 10.1. The summed E-state index contributed by atoms with van der Waals surface area (Å²) in [7, 11) is -0.699. The highest BCUT2D eigenvalue weighted by Gasteiger charge is 2.15. The SMILES string of the molecule is C=C(NNS(=O)(=O)c1ccc(OCC)cc1)c1ccc(OC)c(OC)c1. The Morgan fingerprint density at radius 3 is 2.27 bits per heavy atom. The molecule has 0 heterocycles. The lowest BCUT2D eigenvalue weighted by molar-refractivity contribution is 0.340. The minimum absolute atomic E-state index is 0.105. The summed E-state index contributed by atoms with van der Waals surface area (Å²) in [4.78, 5) is 2.41. The van der Waals surface area contributed by atoms with Gasteiger partial charge >= 0.3 is 0 Å². The van der Waals surface area contributed by atoms with E-state index < -0.39 is 10.0 Å². The average Bonchev–Trinajstić information content (AvgIpc) is 2.66. The van der Waals surface area contributed by atoms with E-state index in [0.717, 1.165) is 0 Å². The van der Waals surface area contributed by atoms with Gasteiger partial charge in [-0.25, -0.2) is 8.42 Å². The Labute approximate surface area is 153 Å². The molecule has 0 aliphatic rings. The number of hydrogen-bond donors (Lipinski definition) is 2. The van der Waals surface area contributed by atoms with E-state index in [2.05, 4.69) is 16.8 Å². The Hall–Kier alpha value is -2.71. The Balaban J connectivity index is 2.08. The quantitative estimate of drug-likeness (QED) is 0.652. The topological polar surface area (TPSA) is 85.9 Å². The Morgan fingerprint density at radius 1 is 1.04 bits per heavy atom. The lowest BCUT2D eigenvalue weighted by Crippen LogP contribution is -2.35. The zero-order valence-corrected chi connectivity index (χ0v) is 15.7. The predicted molar refractivity (Wildman–Crippen MR) is 99.6 cm³/mol. The van der Waals surface area contributed by atoms with Crippen LogP contribution in [0.25, 0.3) is 5.70 Å². The van der Waals surface area contributed by atoms with Gasteiger partial charge in [0.1, 0.15) is 5.75 Å². The molecule has 0 amide bonds. The van der Waals surface area contributed by atoms with Gasteiger partial charge < -0.3 is 19.6 Å². The minimum atomic E-state index is -3.76. The van der Waals surface area contributed by atoms with Gasteiger partial charge in [0.25, 0.3) is 10.0 Å². The van der Waals surface area contributed by atoms with Gasteiger partial charge in [-0.05, 0) is 49.4 Å². The van der Waals surface area contributed by atoms with Crippen LogP contribution in [0.2, 0.25) is 0 Å². The summed E-state index contributed by atoms with van der Waals surface area (Å²) in [6.07, 6.45) is 0. The van der Waals surface area contributed by atoms with Crippen molar-refractivity contribution >= 4 is 15.7 Å². The van der Waals surface area contributed by atoms with Crippen molar-refractivity contribution in [1.82, 2.24) is 10.3 Å². The largest absolute Gasteiger partial charge is 0.494 e. The third kappa shape index (κ3) is 4.68. The van der Waals surface area contributed by atoms with Crippen LogP contribution in [-0.4, -0.2) is 29.2 Å². The zero-order chi connectivity index (χ0) is 19.2. The normalized spacial score (nSPS) is 10.9. The highest BCUT2D eigenvalue weighted by atomic mass is 32.2. The fourth-order valence-corrected chi connectivity index (χ4v) is 3.04. The van der Waals surface area contributed by atoms with Gasteiger partial charge in [0.2, 0.25) is 0 Å². The number of rotatable bonds is 9. The van der Waals surface area contributed by atoms with E-state index >= 15 is 0 Å². The van der Waals surface area contributed by atoms with Crippen molar-refractivity contribution in [3.05, 3.63) is 54.6 Å². The Morgan fingerprint density at radius 2 is 1.69 bits per heavy atom. The van der Waals surface area contributed by atoms with Crippen LogP contribution < -0.4 is 24.5 Å². The second-order valence-electron chi connectivity index (χ2n) is 5.18. The van der Waals surface area contributed by atoms with Gasteiger partial charge in [-0.1, -0.05) is 6.58 Å². The first-order valence-electron chi connectivity index (χ1n) is 7.83. The predicted octanol–water partition coefficient (Wildman–Crippen LogP) is 2.56. The second kappa shape index (κ2) is 8.59. The molecule has 2 rings (SSSR count). The molecule has 0 saturated carbocycles. The molecular weight excluding hydrogens is 356 g/mol. The van der Waals surface area contributed by atoms with Crippen molar-refractivity contribution in [2.24, 2.45) is 0 Å². The van der Waals surface area contributed by atoms with E-state index in [1.54, 1.807) is 30.3 Å². The molecule has 2 aromatic rings. The zero-order valence-electron chi connectivity index (χ0n) is 14.9. The Bertz CT molecular complexity index is 864.